The third-order valence-corrected chi connectivity index (χ3v) is 3.19. The van der Waals surface area contributed by atoms with Gasteiger partial charge in [0.1, 0.15) is 11.6 Å². The fourth-order valence-electron chi connectivity index (χ4n) is 2.19. The van der Waals surface area contributed by atoms with Crippen LogP contribution in [0.2, 0.25) is 0 Å². The maximum absolute atomic E-state index is 13.6. The summed E-state index contributed by atoms with van der Waals surface area (Å²) in [6.07, 6.45) is 0. The van der Waals surface area contributed by atoms with E-state index in [0.29, 0.717) is 12.1 Å². The monoisotopic (exact) mass is 288 g/mol. The highest BCUT2D eigenvalue weighted by Crippen LogP contribution is 2.26. The molecule has 2 rings (SSSR count). The molecule has 2 aromatic carbocycles. The highest BCUT2D eigenvalue weighted by Gasteiger charge is 2.07. The fourth-order valence-corrected chi connectivity index (χ4v) is 2.19. The third-order valence-electron chi connectivity index (χ3n) is 3.19. The van der Waals surface area contributed by atoms with Gasteiger partial charge in [0.15, 0.2) is 0 Å². The van der Waals surface area contributed by atoms with Crippen molar-refractivity contribution in [1.82, 2.24) is 4.90 Å². The number of benzene rings is 2. The van der Waals surface area contributed by atoms with Gasteiger partial charge in [-0.3, -0.25) is 0 Å². The first-order valence-corrected chi connectivity index (χ1v) is 6.89. The lowest BCUT2D eigenvalue weighted by Crippen LogP contribution is -2.11. The van der Waals surface area contributed by atoms with Crippen molar-refractivity contribution in [2.75, 3.05) is 26.5 Å². The van der Waals surface area contributed by atoms with Crippen molar-refractivity contribution >= 4 is 5.69 Å². The summed E-state index contributed by atoms with van der Waals surface area (Å²) in [4.78, 5) is 2.10. The number of rotatable bonds is 6. The molecule has 0 unspecified atom stereocenters. The van der Waals surface area contributed by atoms with Crippen LogP contribution in [0.4, 0.5) is 10.1 Å². The molecule has 1 N–H and O–H groups in total. The Balaban J connectivity index is 2.15. The van der Waals surface area contributed by atoms with E-state index < -0.39 is 0 Å². The second-order valence-corrected chi connectivity index (χ2v) is 5.22. The summed E-state index contributed by atoms with van der Waals surface area (Å²) >= 11 is 0. The van der Waals surface area contributed by atoms with E-state index in [4.69, 9.17) is 4.74 Å². The molecule has 0 saturated heterocycles. The highest BCUT2D eigenvalue weighted by molar-refractivity contribution is 5.58. The number of methoxy groups -OCH3 is 1. The predicted molar refractivity (Wildman–Crippen MR) is 84.1 cm³/mol. The lowest BCUT2D eigenvalue weighted by Gasteiger charge is -2.15. The molecule has 0 radical (unpaired) electrons. The summed E-state index contributed by atoms with van der Waals surface area (Å²) in [6, 6.07) is 12.8. The van der Waals surface area contributed by atoms with Crippen LogP contribution in [-0.2, 0) is 13.1 Å². The minimum absolute atomic E-state index is 0.201. The Morgan fingerprint density at radius 1 is 1.14 bits per heavy atom. The Morgan fingerprint density at radius 2 is 1.90 bits per heavy atom. The lowest BCUT2D eigenvalue weighted by atomic mass is 10.1. The summed E-state index contributed by atoms with van der Waals surface area (Å²) in [5.41, 5.74) is 2.69. The van der Waals surface area contributed by atoms with Crippen molar-refractivity contribution in [1.29, 1.82) is 0 Å². The number of hydrogen-bond acceptors (Lipinski definition) is 3. The molecule has 3 nitrogen and oxygen atoms in total. The molecule has 0 amide bonds. The minimum Gasteiger partial charge on any atom is -0.495 e. The molecule has 0 bridgehead atoms. The third kappa shape index (κ3) is 4.20. The van der Waals surface area contributed by atoms with Crippen LogP contribution >= 0.6 is 0 Å². The number of ether oxygens (including phenoxy) is 1. The van der Waals surface area contributed by atoms with E-state index in [1.165, 1.54) is 11.6 Å². The highest BCUT2D eigenvalue weighted by atomic mass is 19.1. The molecular formula is C17H21FN2O. The smallest absolute Gasteiger partial charge is 0.141 e. The van der Waals surface area contributed by atoms with Crippen LogP contribution in [0.5, 0.6) is 5.75 Å². The van der Waals surface area contributed by atoms with E-state index in [-0.39, 0.29) is 5.82 Å². The van der Waals surface area contributed by atoms with E-state index in [1.54, 1.807) is 19.2 Å². The average Bonchev–Trinajstić information content (AvgIpc) is 2.46. The quantitative estimate of drug-likeness (QED) is 0.880. The molecule has 21 heavy (non-hydrogen) atoms. The van der Waals surface area contributed by atoms with E-state index in [2.05, 4.69) is 10.2 Å². The molecule has 112 valence electrons. The summed E-state index contributed by atoms with van der Waals surface area (Å²) in [5.74, 6) is 0.558. The van der Waals surface area contributed by atoms with Gasteiger partial charge in [-0.2, -0.15) is 0 Å². The summed E-state index contributed by atoms with van der Waals surface area (Å²) in [7, 11) is 5.68. The normalized spacial score (nSPS) is 10.7. The molecule has 0 spiro atoms. The molecule has 0 aliphatic rings. The first-order chi connectivity index (χ1) is 10.1. The van der Waals surface area contributed by atoms with Crippen LogP contribution in [0.15, 0.2) is 42.5 Å². The molecule has 0 fully saturated rings. The largest absolute Gasteiger partial charge is 0.495 e. The molecule has 0 atom stereocenters. The van der Waals surface area contributed by atoms with Gasteiger partial charge in [0, 0.05) is 18.7 Å². The van der Waals surface area contributed by atoms with Gasteiger partial charge in [-0.05, 0) is 37.9 Å². The predicted octanol–water partition coefficient (Wildman–Crippen LogP) is 3.51. The van der Waals surface area contributed by atoms with Crippen molar-refractivity contribution in [3.05, 3.63) is 59.4 Å². The number of hydrogen-bond donors (Lipinski definition) is 1. The van der Waals surface area contributed by atoms with Crippen molar-refractivity contribution < 1.29 is 9.13 Å². The number of halogens is 1. The first-order valence-electron chi connectivity index (χ1n) is 6.89. The van der Waals surface area contributed by atoms with Crippen LogP contribution < -0.4 is 10.1 Å². The van der Waals surface area contributed by atoms with E-state index >= 15 is 0 Å². The molecular weight excluding hydrogens is 267 g/mol. The lowest BCUT2D eigenvalue weighted by molar-refractivity contribution is 0.400. The Labute approximate surface area is 125 Å². The van der Waals surface area contributed by atoms with Gasteiger partial charge in [-0.1, -0.05) is 24.3 Å². The Hall–Kier alpha value is -2.07. The second kappa shape index (κ2) is 7.09. The molecule has 2 aromatic rings. The number of nitrogens with one attached hydrogen (secondary N) is 1. The maximum atomic E-state index is 13.6. The second-order valence-electron chi connectivity index (χ2n) is 5.22. The van der Waals surface area contributed by atoms with Gasteiger partial charge in [-0.15, -0.1) is 0 Å². The van der Waals surface area contributed by atoms with Gasteiger partial charge < -0.3 is 15.0 Å². The van der Waals surface area contributed by atoms with Gasteiger partial charge in [-0.25, -0.2) is 4.39 Å². The molecule has 0 aromatic heterocycles. The number of anilines is 1. The zero-order chi connectivity index (χ0) is 15.2. The van der Waals surface area contributed by atoms with Crippen LogP contribution in [0.1, 0.15) is 11.1 Å². The fraction of sp³-hybridized carbons (Fsp3) is 0.294. The maximum Gasteiger partial charge on any atom is 0.141 e. The van der Waals surface area contributed by atoms with E-state index in [0.717, 1.165) is 18.0 Å². The molecule has 4 heteroatoms. The van der Waals surface area contributed by atoms with E-state index in [1.807, 2.05) is 38.4 Å². The van der Waals surface area contributed by atoms with Gasteiger partial charge in [0.05, 0.1) is 12.8 Å². The first kappa shape index (κ1) is 15.3. The molecule has 0 aliphatic heterocycles. The standard InChI is InChI=1S/C17H21FN2O/c1-20(2)12-13-8-9-17(21-3)16(10-13)19-11-14-6-4-5-7-15(14)18/h4-10,19H,11-12H2,1-3H3. The van der Waals surface area contributed by atoms with Gasteiger partial charge in [0.25, 0.3) is 0 Å². The topological polar surface area (TPSA) is 24.5 Å². The molecule has 0 aliphatic carbocycles. The van der Waals surface area contributed by atoms with Crippen LogP contribution in [0.3, 0.4) is 0 Å². The van der Waals surface area contributed by atoms with Crippen LogP contribution in [0, 0.1) is 5.82 Å². The molecule has 0 heterocycles. The summed E-state index contributed by atoms with van der Waals surface area (Å²) < 4.78 is 19.0. The van der Waals surface area contributed by atoms with Crippen LogP contribution in [-0.4, -0.2) is 26.1 Å². The zero-order valence-corrected chi connectivity index (χ0v) is 12.7. The zero-order valence-electron chi connectivity index (χ0n) is 12.7. The van der Waals surface area contributed by atoms with Crippen molar-refractivity contribution in [3.8, 4) is 5.75 Å². The van der Waals surface area contributed by atoms with Crippen molar-refractivity contribution in [2.24, 2.45) is 0 Å². The Kier molecular flexibility index (Phi) is 5.17. The van der Waals surface area contributed by atoms with Gasteiger partial charge >= 0.3 is 0 Å². The number of nitrogens with zero attached hydrogens (tertiary/aromatic N) is 1. The van der Waals surface area contributed by atoms with Crippen molar-refractivity contribution in [2.45, 2.75) is 13.1 Å². The van der Waals surface area contributed by atoms with E-state index in [9.17, 15) is 4.39 Å². The van der Waals surface area contributed by atoms with Gasteiger partial charge in [0.2, 0.25) is 0 Å². The minimum atomic E-state index is -0.201. The Morgan fingerprint density at radius 3 is 2.57 bits per heavy atom. The summed E-state index contributed by atoms with van der Waals surface area (Å²) in [5, 5.41) is 3.25. The summed E-state index contributed by atoms with van der Waals surface area (Å²) in [6.45, 7) is 1.27. The SMILES string of the molecule is COc1ccc(CN(C)C)cc1NCc1ccccc1F. The van der Waals surface area contributed by atoms with Crippen LogP contribution in [0.25, 0.3) is 0 Å². The Bertz CT molecular complexity index is 599. The van der Waals surface area contributed by atoms with Crippen molar-refractivity contribution in [3.63, 3.8) is 0 Å². The molecule has 0 saturated carbocycles. The average molecular weight is 288 g/mol.